The maximum absolute atomic E-state index is 12.3. The molecule has 2 rings (SSSR count). The molecular formula is C17H18ClN3O2. The van der Waals surface area contributed by atoms with Crippen LogP contribution in [0.1, 0.15) is 30.1 Å². The first-order chi connectivity index (χ1) is 11.0. The van der Waals surface area contributed by atoms with Crippen LogP contribution >= 0.6 is 11.6 Å². The molecule has 0 aliphatic heterocycles. The van der Waals surface area contributed by atoms with Crippen molar-refractivity contribution in [1.29, 1.82) is 0 Å². The molecule has 0 aliphatic rings. The lowest BCUT2D eigenvalue weighted by Crippen LogP contribution is -2.43. The van der Waals surface area contributed by atoms with Crippen LogP contribution in [0, 0.1) is 0 Å². The van der Waals surface area contributed by atoms with Gasteiger partial charge >= 0.3 is 6.03 Å². The van der Waals surface area contributed by atoms with Gasteiger partial charge in [-0.1, -0.05) is 54.1 Å². The number of hydrogen-bond donors (Lipinski definition) is 3. The van der Waals surface area contributed by atoms with E-state index in [1.54, 1.807) is 12.1 Å². The van der Waals surface area contributed by atoms with Crippen LogP contribution in [-0.2, 0) is 4.79 Å². The average molecular weight is 332 g/mol. The van der Waals surface area contributed by atoms with E-state index in [9.17, 15) is 9.59 Å². The van der Waals surface area contributed by atoms with Crippen molar-refractivity contribution in [3.8, 4) is 0 Å². The van der Waals surface area contributed by atoms with Crippen LogP contribution in [0.4, 0.5) is 4.79 Å². The molecule has 4 N–H and O–H groups in total. The fraction of sp³-hybridized carbons (Fsp3) is 0.176. The van der Waals surface area contributed by atoms with Crippen LogP contribution in [0.25, 0.3) is 0 Å². The molecule has 0 saturated carbocycles. The molecule has 120 valence electrons. The molecule has 0 aliphatic carbocycles. The maximum atomic E-state index is 12.3. The van der Waals surface area contributed by atoms with Crippen LogP contribution in [0.5, 0.6) is 0 Å². The van der Waals surface area contributed by atoms with Crippen molar-refractivity contribution in [1.82, 2.24) is 10.6 Å². The minimum Gasteiger partial charge on any atom is -0.351 e. The van der Waals surface area contributed by atoms with Crippen molar-refractivity contribution in [2.75, 3.05) is 0 Å². The third-order valence-corrected chi connectivity index (χ3v) is 3.68. The van der Waals surface area contributed by atoms with Crippen molar-refractivity contribution in [3.63, 3.8) is 0 Å². The predicted octanol–water partition coefficient (Wildman–Crippen LogP) is 2.93. The maximum Gasteiger partial charge on any atom is 0.318 e. The fourth-order valence-electron chi connectivity index (χ4n) is 2.26. The second kappa shape index (κ2) is 7.76. The second-order valence-corrected chi connectivity index (χ2v) is 5.57. The lowest BCUT2D eigenvalue weighted by molar-refractivity contribution is -0.122. The van der Waals surface area contributed by atoms with Gasteiger partial charge in [-0.15, -0.1) is 0 Å². The third-order valence-electron chi connectivity index (χ3n) is 3.43. The summed E-state index contributed by atoms with van der Waals surface area (Å²) in [7, 11) is 0. The van der Waals surface area contributed by atoms with Crippen LogP contribution in [-0.4, -0.2) is 11.9 Å². The molecule has 0 spiro atoms. The quantitative estimate of drug-likeness (QED) is 0.787. The van der Waals surface area contributed by atoms with Gasteiger partial charge < -0.3 is 5.73 Å². The molecule has 2 aromatic carbocycles. The average Bonchev–Trinajstić information content (AvgIpc) is 2.53. The third kappa shape index (κ3) is 4.81. The van der Waals surface area contributed by atoms with E-state index >= 15 is 0 Å². The Kier molecular flexibility index (Phi) is 5.73. The summed E-state index contributed by atoms with van der Waals surface area (Å²) in [4.78, 5) is 23.3. The monoisotopic (exact) mass is 331 g/mol. The minimum atomic E-state index is -0.878. The number of urea groups is 1. The Morgan fingerprint density at radius 1 is 1.00 bits per heavy atom. The topological polar surface area (TPSA) is 84.2 Å². The molecule has 2 atom stereocenters. The first-order valence-electron chi connectivity index (χ1n) is 7.14. The van der Waals surface area contributed by atoms with Gasteiger partial charge in [0, 0.05) is 11.1 Å². The number of nitrogens with two attached hydrogens (primary N) is 1. The summed E-state index contributed by atoms with van der Waals surface area (Å²) >= 11 is 5.89. The van der Waals surface area contributed by atoms with Gasteiger partial charge in [0.1, 0.15) is 6.04 Å². The van der Waals surface area contributed by atoms with E-state index < -0.39 is 18.0 Å². The number of carbonyl (C=O) groups excluding carboxylic acids is 2. The van der Waals surface area contributed by atoms with E-state index in [4.69, 9.17) is 17.3 Å². The summed E-state index contributed by atoms with van der Waals surface area (Å²) in [6.07, 6.45) is 0. The zero-order valence-electron chi connectivity index (χ0n) is 12.6. The second-order valence-electron chi connectivity index (χ2n) is 5.14. The van der Waals surface area contributed by atoms with Crippen LogP contribution in [0.15, 0.2) is 54.6 Å². The molecule has 0 bridgehead atoms. The van der Waals surface area contributed by atoms with Crippen molar-refractivity contribution in [3.05, 3.63) is 70.7 Å². The van der Waals surface area contributed by atoms with Crippen LogP contribution < -0.4 is 16.4 Å². The number of primary amides is 1. The molecule has 0 fully saturated rings. The van der Waals surface area contributed by atoms with Gasteiger partial charge in [-0.2, -0.15) is 0 Å². The Hall–Kier alpha value is -2.37. The molecule has 2 aromatic rings. The van der Waals surface area contributed by atoms with E-state index in [1.807, 2.05) is 49.4 Å². The van der Waals surface area contributed by atoms with E-state index in [0.29, 0.717) is 5.02 Å². The number of amides is 3. The van der Waals surface area contributed by atoms with Crippen molar-refractivity contribution >= 4 is 23.5 Å². The Morgan fingerprint density at radius 2 is 1.61 bits per heavy atom. The van der Waals surface area contributed by atoms with Crippen LogP contribution in [0.3, 0.4) is 0 Å². The largest absolute Gasteiger partial charge is 0.351 e. The Balaban J connectivity index is 2.21. The number of carbonyl (C=O) groups is 2. The summed E-state index contributed by atoms with van der Waals surface area (Å²) in [5.41, 5.74) is 6.77. The van der Waals surface area contributed by atoms with Gasteiger partial charge in [-0.3, -0.25) is 15.4 Å². The molecule has 0 aromatic heterocycles. The highest BCUT2D eigenvalue weighted by Gasteiger charge is 2.23. The van der Waals surface area contributed by atoms with E-state index in [0.717, 1.165) is 11.1 Å². The van der Waals surface area contributed by atoms with Gasteiger partial charge in [0.05, 0.1) is 0 Å². The molecule has 0 heterocycles. The molecule has 0 unspecified atom stereocenters. The summed E-state index contributed by atoms with van der Waals surface area (Å²) in [5, 5.41) is 5.98. The molecular weight excluding hydrogens is 314 g/mol. The minimum absolute atomic E-state index is 0.129. The van der Waals surface area contributed by atoms with Crippen LogP contribution in [0.2, 0.25) is 5.02 Å². The number of imide groups is 1. The highest BCUT2D eigenvalue weighted by atomic mass is 35.5. The Morgan fingerprint density at radius 3 is 2.17 bits per heavy atom. The number of benzene rings is 2. The molecule has 5 nitrogen and oxygen atoms in total. The Labute approximate surface area is 139 Å². The van der Waals surface area contributed by atoms with Crippen molar-refractivity contribution < 1.29 is 9.59 Å². The summed E-state index contributed by atoms with van der Waals surface area (Å²) in [6, 6.07) is 14.8. The van der Waals surface area contributed by atoms with Gasteiger partial charge in [-0.25, -0.2) is 4.79 Å². The molecule has 6 heteroatoms. The van der Waals surface area contributed by atoms with Gasteiger partial charge in [0.2, 0.25) is 5.91 Å². The summed E-state index contributed by atoms with van der Waals surface area (Å²) in [5.74, 6) is -0.496. The number of halogens is 1. The zero-order chi connectivity index (χ0) is 16.8. The molecule has 0 saturated heterocycles. The fourth-order valence-corrected chi connectivity index (χ4v) is 2.39. The first-order valence-corrected chi connectivity index (χ1v) is 7.52. The zero-order valence-corrected chi connectivity index (χ0v) is 13.4. The predicted molar refractivity (Wildman–Crippen MR) is 89.9 cm³/mol. The van der Waals surface area contributed by atoms with E-state index in [1.165, 1.54) is 0 Å². The van der Waals surface area contributed by atoms with Gasteiger partial charge in [-0.05, 0) is 30.2 Å². The number of hydrogen-bond acceptors (Lipinski definition) is 3. The van der Waals surface area contributed by atoms with Gasteiger partial charge in [0.15, 0.2) is 0 Å². The van der Waals surface area contributed by atoms with E-state index in [-0.39, 0.29) is 6.04 Å². The number of nitrogens with one attached hydrogen (secondary N) is 2. The molecule has 23 heavy (non-hydrogen) atoms. The highest BCUT2D eigenvalue weighted by molar-refractivity contribution is 6.30. The van der Waals surface area contributed by atoms with Gasteiger partial charge in [0.25, 0.3) is 0 Å². The molecule has 3 amide bonds. The highest BCUT2D eigenvalue weighted by Crippen LogP contribution is 2.21. The summed E-state index contributed by atoms with van der Waals surface area (Å²) < 4.78 is 0. The molecule has 0 radical (unpaired) electrons. The summed E-state index contributed by atoms with van der Waals surface area (Å²) in [6.45, 7) is 1.93. The lowest BCUT2D eigenvalue weighted by atomic mass is 10.0. The van der Waals surface area contributed by atoms with Crippen molar-refractivity contribution in [2.45, 2.75) is 19.0 Å². The SMILES string of the molecule is C[C@@H](N[C@H](C(=O)NC(N)=O)c1ccccc1)c1ccc(Cl)cc1. The standard InChI is InChI=1S/C17H18ClN3O2/c1-11(12-7-9-14(18)10-8-12)20-15(16(22)21-17(19)23)13-5-3-2-4-6-13/h2-11,15,20H,1H3,(H3,19,21,22,23)/t11-,15+/m1/s1. The smallest absolute Gasteiger partial charge is 0.318 e. The lowest BCUT2D eigenvalue weighted by Gasteiger charge is -2.23. The van der Waals surface area contributed by atoms with E-state index in [2.05, 4.69) is 10.6 Å². The van der Waals surface area contributed by atoms with Crippen molar-refractivity contribution in [2.24, 2.45) is 5.73 Å². The Bertz CT molecular complexity index is 674. The first kappa shape index (κ1) is 17.0. The normalized spacial score (nSPS) is 13.1. The number of rotatable bonds is 5.